The number of carbonyl (C=O) groups excluding carboxylic acids is 3. The first kappa shape index (κ1) is 46.7. The molecule has 2 aliphatic heterocycles. The number of amides is 2. The lowest BCUT2D eigenvalue weighted by Gasteiger charge is -2.30. The minimum atomic E-state index is -5.21. The predicted octanol–water partition coefficient (Wildman–Crippen LogP) is -1.56. The van der Waals surface area contributed by atoms with Crippen LogP contribution in [0, 0.1) is 5.41 Å². The van der Waals surface area contributed by atoms with Gasteiger partial charge in [0.2, 0.25) is 11.8 Å². The van der Waals surface area contributed by atoms with Crippen LogP contribution in [0.1, 0.15) is 52.0 Å². The van der Waals surface area contributed by atoms with Gasteiger partial charge in [-0.25, -0.2) is 23.7 Å². The van der Waals surface area contributed by atoms with Gasteiger partial charge in [0.25, 0.3) is 0 Å². The highest BCUT2D eigenvalue weighted by atomic mass is 32.2. The lowest BCUT2D eigenvalue weighted by molar-refractivity contribution is -0.137. The number of aliphatic imine (C=N–C) groups is 1. The summed E-state index contributed by atoms with van der Waals surface area (Å²) >= 11 is 1.06. The summed E-state index contributed by atoms with van der Waals surface area (Å²) in [4.78, 5) is 85.0. The van der Waals surface area contributed by atoms with Crippen LogP contribution < -0.4 is 21.7 Å². The average molecular weight is 816 g/mol. The second-order valence-electron chi connectivity index (χ2n) is 11.2. The summed E-state index contributed by atoms with van der Waals surface area (Å²) in [6, 6.07) is 0. The molecule has 2 aliphatic rings. The van der Waals surface area contributed by atoms with Crippen LogP contribution in [0.4, 0.5) is 5.82 Å². The molecule has 24 nitrogen and oxygen atoms in total. The molecule has 2 amide bonds. The Hall–Kier alpha value is -2.31. The first-order valence-corrected chi connectivity index (χ1v) is 20.1. The Morgan fingerprint density at radius 3 is 2.37 bits per heavy atom. The molecule has 0 bridgehead atoms. The molecule has 5 unspecified atom stereocenters. The van der Waals surface area contributed by atoms with E-state index in [1.165, 1.54) is 27.1 Å². The number of hydrogen-bond acceptors (Lipinski definition) is 16. The van der Waals surface area contributed by atoms with Gasteiger partial charge < -0.3 is 61.5 Å². The molecule has 0 radical (unpaired) electrons. The summed E-state index contributed by atoms with van der Waals surface area (Å²) in [6.45, 7) is 3.34. The zero-order valence-electron chi connectivity index (χ0n) is 27.6. The topological polar surface area (TPSA) is 385 Å². The number of phosphoric ester groups is 2. The molecule has 51 heavy (non-hydrogen) atoms. The van der Waals surface area contributed by atoms with E-state index in [2.05, 4.69) is 30.2 Å². The van der Waals surface area contributed by atoms with Gasteiger partial charge in [-0.15, -0.1) is 0 Å². The SMILES string of the molecule is CC(=O)SCCNC(=O)CCNC(=O)C(O)C(C)(C)COP(=O)(O)OP(=O)(O)OCC1CCC(n2cnc3c2NCN=C3N)O1.O.O=P(O)(O)O. The van der Waals surface area contributed by atoms with Gasteiger partial charge >= 0.3 is 23.5 Å². The van der Waals surface area contributed by atoms with E-state index in [1.54, 1.807) is 4.57 Å². The van der Waals surface area contributed by atoms with Crippen LogP contribution in [0.3, 0.4) is 0 Å². The molecule has 0 spiro atoms. The van der Waals surface area contributed by atoms with Crippen molar-refractivity contribution in [3.8, 4) is 0 Å². The van der Waals surface area contributed by atoms with E-state index in [9.17, 15) is 38.4 Å². The Morgan fingerprint density at radius 1 is 1.12 bits per heavy atom. The number of aliphatic hydroxyl groups is 1. The van der Waals surface area contributed by atoms with Crippen molar-refractivity contribution in [3.05, 3.63) is 12.0 Å². The number of nitrogens with two attached hydrogens (primary N) is 1. The highest BCUT2D eigenvalue weighted by Gasteiger charge is 2.41. The minimum Gasteiger partial charge on any atom is -0.412 e. The zero-order chi connectivity index (χ0) is 37.9. The van der Waals surface area contributed by atoms with Crippen molar-refractivity contribution in [3.63, 3.8) is 0 Å². The lowest BCUT2D eigenvalue weighted by atomic mass is 9.87. The maximum atomic E-state index is 12.4. The fourth-order valence-electron chi connectivity index (χ4n) is 4.14. The highest BCUT2D eigenvalue weighted by Crippen LogP contribution is 2.61. The van der Waals surface area contributed by atoms with Crippen molar-refractivity contribution in [2.24, 2.45) is 16.1 Å². The van der Waals surface area contributed by atoms with E-state index in [1.807, 2.05) is 0 Å². The smallest absolute Gasteiger partial charge is 0.412 e. The Balaban J connectivity index is 0.00000202. The van der Waals surface area contributed by atoms with Crippen molar-refractivity contribution < 1.29 is 81.2 Å². The number of fused-ring (bicyclic) bond motifs is 1. The molecule has 1 aromatic heterocycles. The van der Waals surface area contributed by atoms with Gasteiger partial charge in [0.05, 0.1) is 25.6 Å². The first-order chi connectivity index (χ1) is 23.0. The second-order valence-corrected chi connectivity index (χ2v) is 16.6. The van der Waals surface area contributed by atoms with Gasteiger partial charge in [-0.05, 0) is 12.8 Å². The molecule has 0 saturated carbocycles. The Kier molecular flexibility index (Phi) is 18.5. The molecule has 1 saturated heterocycles. The van der Waals surface area contributed by atoms with Crippen LogP contribution in [-0.4, -0.2) is 118 Å². The average Bonchev–Trinajstić information content (AvgIpc) is 3.63. The summed E-state index contributed by atoms with van der Waals surface area (Å²) in [5.41, 5.74) is 4.86. The number of hydrogen-bond donors (Lipinski definition) is 10. The van der Waals surface area contributed by atoms with Crippen LogP contribution >= 0.6 is 35.2 Å². The summed E-state index contributed by atoms with van der Waals surface area (Å²) in [6.07, 6.45) is -0.523. The van der Waals surface area contributed by atoms with E-state index in [0.717, 1.165) is 11.8 Å². The Bertz CT molecular complexity index is 1520. The molecule has 0 aliphatic carbocycles. The number of aliphatic hydroxyl groups excluding tert-OH is 1. The molecule has 13 N–H and O–H groups in total. The number of carbonyl (C=O) groups is 3. The van der Waals surface area contributed by atoms with Crippen molar-refractivity contribution >= 4 is 63.8 Å². The van der Waals surface area contributed by atoms with E-state index >= 15 is 0 Å². The first-order valence-electron chi connectivity index (χ1n) is 14.6. The number of thioether (sulfide) groups is 1. The van der Waals surface area contributed by atoms with Crippen molar-refractivity contribution in [2.45, 2.75) is 58.5 Å². The van der Waals surface area contributed by atoms with Gasteiger partial charge in [0, 0.05) is 37.6 Å². The standard InChI is InChI=1S/C23H39N7O12P2S.H3O4P.H2O/c1-14(31)45-9-8-25-16(32)6-7-26-22(34)19(33)23(2,3)11-40-44(37,38)42-43(35,36)39-10-15-4-5-17(41-15)30-13-29-18-20(24)27-12-28-21(18)30;1-5(2,3)4;/h13,15,17,19,28,33H,4-12H2,1-3H3,(H2,24,27)(H,25,32)(H,26,34)(H,35,36)(H,37,38);(H3,1,2,3,4);1H2. The normalized spacial score (nSPS) is 20.1. The quantitative estimate of drug-likeness (QED) is 0.0627. The summed E-state index contributed by atoms with van der Waals surface area (Å²) in [7, 11) is -15.0. The highest BCUT2D eigenvalue weighted by molar-refractivity contribution is 8.13. The summed E-state index contributed by atoms with van der Waals surface area (Å²) in [5, 5.41) is 18.4. The molecular weight excluding hydrogens is 771 g/mol. The number of aromatic nitrogens is 2. The van der Waals surface area contributed by atoms with Gasteiger partial charge in [-0.1, -0.05) is 25.6 Å². The van der Waals surface area contributed by atoms with Crippen molar-refractivity contribution in [1.82, 2.24) is 20.2 Å². The lowest BCUT2D eigenvalue weighted by Crippen LogP contribution is -2.46. The molecule has 294 valence electrons. The van der Waals surface area contributed by atoms with Crippen LogP contribution in [0.25, 0.3) is 0 Å². The number of phosphoric acid groups is 3. The summed E-state index contributed by atoms with van der Waals surface area (Å²) < 4.78 is 55.3. The Labute approximate surface area is 295 Å². The van der Waals surface area contributed by atoms with Crippen LogP contribution in [0.15, 0.2) is 11.3 Å². The van der Waals surface area contributed by atoms with Gasteiger partial charge in [-0.2, -0.15) is 4.31 Å². The number of nitrogens with zero attached hydrogens (tertiary/aromatic N) is 3. The third kappa shape index (κ3) is 17.4. The van der Waals surface area contributed by atoms with E-state index < -0.39 is 66.4 Å². The van der Waals surface area contributed by atoms with Crippen LogP contribution in [0.5, 0.6) is 0 Å². The number of rotatable bonds is 17. The van der Waals surface area contributed by atoms with E-state index in [4.69, 9.17) is 38.8 Å². The number of anilines is 1. The van der Waals surface area contributed by atoms with Gasteiger partial charge in [0.15, 0.2) is 5.12 Å². The third-order valence-electron chi connectivity index (χ3n) is 6.53. The van der Waals surface area contributed by atoms with Crippen LogP contribution in [0.2, 0.25) is 0 Å². The number of nitrogens with one attached hydrogen (secondary N) is 3. The monoisotopic (exact) mass is 815 g/mol. The maximum Gasteiger partial charge on any atom is 0.481 e. The second kappa shape index (κ2) is 20.2. The molecule has 3 heterocycles. The molecule has 5 atom stereocenters. The zero-order valence-corrected chi connectivity index (χ0v) is 31.1. The van der Waals surface area contributed by atoms with Crippen molar-refractivity contribution in [1.29, 1.82) is 0 Å². The van der Waals surface area contributed by atoms with Crippen LogP contribution in [-0.2, 0) is 46.2 Å². The number of imidazole rings is 1. The Morgan fingerprint density at radius 2 is 1.75 bits per heavy atom. The van der Waals surface area contributed by atoms with Gasteiger partial charge in [-0.3, -0.25) is 28.0 Å². The van der Waals surface area contributed by atoms with Crippen molar-refractivity contribution in [2.75, 3.05) is 44.0 Å². The third-order valence-corrected chi connectivity index (χ3v) is 9.92. The molecule has 28 heteroatoms. The predicted molar refractivity (Wildman–Crippen MR) is 179 cm³/mol. The number of amidine groups is 1. The minimum absolute atomic E-state index is 0. The molecule has 1 fully saturated rings. The fourth-order valence-corrected chi connectivity index (χ4v) is 6.90. The fraction of sp³-hybridized carbons (Fsp3) is 0.696. The molecule has 1 aromatic rings. The summed E-state index contributed by atoms with van der Waals surface area (Å²) in [5.74, 6) is 0.0540. The molecule has 3 rings (SSSR count). The molecular formula is C23H44N7O17P3S. The number of ether oxygens (including phenoxy) is 1. The molecule has 0 aromatic carbocycles. The van der Waals surface area contributed by atoms with E-state index in [0.29, 0.717) is 30.1 Å². The van der Waals surface area contributed by atoms with E-state index in [-0.39, 0.29) is 48.5 Å². The largest absolute Gasteiger partial charge is 0.481 e. The van der Waals surface area contributed by atoms with Gasteiger partial charge in [0.1, 0.15) is 36.3 Å². The maximum absolute atomic E-state index is 12.4.